The molecule has 332 valence electrons. The Bertz CT molecular complexity index is 2750. The summed E-state index contributed by atoms with van der Waals surface area (Å²) in [5.41, 5.74) is 9.29. The van der Waals surface area contributed by atoms with E-state index in [1.807, 2.05) is 84.8 Å². The first-order valence-corrected chi connectivity index (χ1v) is 22.7. The summed E-state index contributed by atoms with van der Waals surface area (Å²) in [6, 6.07) is 23.8. The third-order valence-corrected chi connectivity index (χ3v) is 12.2. The largest absolute Gasteiger partial charge is 0.373 e. The second-order valence-corrected chi connectivity index (χ2v) is 16.6. The first-order valence-electron chi connectivity index (χ1n) is 22.7. The summed E-state index contributed by atoms with van der Waals surface area (Å²) < 4.78 is 0. The molecule has 1 aromatic heterocycles. The van der Waals surface area contributed by atoms with E-state index in [2.05, 4.69) is 98.2 Å². The highest BCUT2D eigenvalue weighted by Gasteiger charge is 2.28. The van der Waals surface area contributed by atoms with E-state index >= 15 is 0 Å². The summed E-state index contributed by atoms with van der Waals surface area (Å²) in [6.07, 6.45) is 18.5. The van der Waals surface area contributed by atoms with Crippen molar-refractivity contribution in [2.75, 3.05) is 58.2 Å². The summed E-state index contributed by atoms with van der Waals surface area (Å²) in [5.74, 6) is 14.0. The molecular weight excluding hydrogens is 821 g/mol. The van der Waals surface area contributed by atoms with Crippen molar-refractivity contribution in [3.63, 3.8) is 0 Å². The molecule has 0 spiro atoms. The number of carbonyl (C=O) groups excluding carboxylic acids is 3. The highest BCUT2D eigenvalue weighted by atomic mass is 16.2. The average molecular weight is 875 g/mol. The van der Waals surface area contributed by atoms with Crippen molar-refractivity contribution < 1.29 is 14.4 Å². The monoisotopic (exact) mass is 874 g/mol. The van der Waals surface area contributed by atoms with Crippen molar-refractivity contribution in [1.82, 2.24) is 30.0 Å². The van der Waals surface area contributed by atoms with Crippen molar-refractivity contribution in [3.8, 4) is 23.7 Å². The number of carbonyl (C=O) groups is 3. The number of fused-ring (bicyclic) bond motifs is 1. The zero-order valence-corrected chi connectivity index (χ0v) is 37.4. The lowest BCUT2D eigenvalue weighted by Crippen LogP contribution is -2.46. The van der Waals surface area contributed by atoms with E-state index in [1.54, 1.807) is 6.20 Å². The Kier molecular flexibility index (Phi) is 15.0. The lowest BCUT2D eigenvalue weighted by molar-refractivity contribution is -0.134. The summed E-state index contributed by atoms with van der Waals surface area (Å²) in [7, 11) is 1.87. The second-order valence-electron chi connectivity index (χ2n) is 16.6. The number of hydrogen-bond acceptors (Lipinski definition) is 9. The number of aliphatic imine (C=N–C) groups is 1. The van der Waals surface area contributed by atoms with Crippen molar-refractivity contribution >= 4 is 41.4 Å². The van der Waals surface area contributed by atoms with E-state index in [4.69, 9.17) is 9.97 Å². The molecule has 3 amide bonds. The van der Waals surface area contributed by atoms with Gasteiger partial charge >= 0.3 is 0 Å². The molecule has 0 saturated carbocycles. The normalized spacial score (nSPS) is 18.6. The Balaban J connectivity index is 0.767. The van der Waals surface area contributed by atoms with E-state index < -0.39 is 0 Å². The Morgan fingerprint density at radius 3 is 2.38 bits per heavy atom. The van der Waals surface area contributed by atoms with Gasteiger partial charge in [-0.1, -0.05) is 103 Å². The van der Waals surface area contributed by atoms with Gasteiger partial charge in [-0.25, -0.2) is 9.97 Å². The number of imide groups is 1. The summed E-state index contributed by atoms with van der Waals surface area (Å²) in [4.78, 5) is 58.3. The zero-order chi connectivity index (χ0) is 45.7. The van der Waals surface area contributed by atoms with E-state index in [0.717, 1.165) is 102 Å². The van der Waals surface area contributed by atoms with Gasteiger partial charge in [-0.2, -0.15) is 0 Å². The van der Waals surface area contributed by atoms with Crippen LogP contribution in [0, 0.1) is 23.7 Å². The molecular formula is C55H54N8O3. The number of hydrogen-bond donors (Lipinski definition) is 2. The smallest absolute Gasteiger partial charge is 0.254 e. The number of piperazine rings is 1. The van der Waals surface area contributed by atoms with Crippen LogP contribution < -0.4 is 10.6 Å². The van der Waals surface area contributed by atoms with E-state index in [9.17, 15) is 14.4 Å². The second kappa shape index (κ2) is 22.0. The van der Waals surface area contributed by atoms with Crippen molar-refractivity contribution in [2.24, 2.45) is 4.99 Å². The van der Waals surface area contributed by atoms with Gasteiger partial charge in [0.1, 0.15) is 11.6 Å². The standard InChI is InChI=1S/C55H54N8O3/c1-3-57-49-15-5-4-13-44(49)26-28-51-58-50-39-63(33-30-48(50)53(56-2)59-51)55(66)45-24-22-42(23-25-45)21-20-41-18-16-40(17-19-41)12-9-32-62-36-34-61(35-37-62)31-7-6-10-43-11-8-14-46(38-43)47-27-29-52(64)60-54(47)65/h3-5,8,11,13-26,38,47H,1,7,27-37,39H2,2H3,(H,56,58,59)(H,60,64,65)/b21-20+,44-26-,57-49-. The highest BCUT2D eigenvalue weighted by molar-refractivity contribution is 6.11. The molecule has 4 aliphatic rings. The Morgan fingerprint density at radius 1 is 0.879 bits per heavy atom. The molecule has 2 fully saturated rings. The lowest BCUT2D eigenvalue weighted by atomic mass is 9.90. The zero-order valence-electron chi connectivity index (χ0n) is 37.4. The predicted octanol–water partition coefficient (Wildman–Crippen LogP) is 7.00. The molecule has 4 aromatic rings. The average Bonchev–Trinajstić information content (AvgIpc) is 3.35. The number of nitrogens with zero attached hydrogens (tertiary/aromatic N) is 6. The minimum absolute atomic E-state index is 0.0139. The van der Waals surface area contributed by atoms with Crippen LogP contribution in [0.2, 0.25) is 0 Å². The molecule has 1 atom stereocenters. The van der Waals surface area contributed by atoms with Gasteiger partial charge < -0.3 is 10.2 Å². The van der Waals surface area contributed by atoms with Gasteiger partial charge in [0, 0.05) is 94.0 Å². The number of rotatable bonds is 11. The SMILES string of the molecule is C=C/N=C1/C=CC=C/C1=C/Cc1nc2c(c(NC)n1)CCN(C(=O)c1ccc(/C=C/c3ccc(C#CCN4CCN(CCC#Cc5cccc(C6CCC(=O)NC6=O)c5)CC4)cc3)cc1)C2. The Hall–Kier alpha value is -7.44. The number of amides is 3. The Morgan fingerprint density at radius 2 is 1.62 bits per heavy atom. The van der Waals surface area contributed by atoms with Crippen LogP contribution in [-0.2, 0) is 29.0 Å². The number of nitrogens with one attached hydrogen (secondary N) is 2. The number of anilines is 1. The summed E-state index contributed by atoms with van der Waals surface area (Å²) >= 11 is 0. The van der Waals surface area contributed by atoms with E-state index in [-0.39, 0.29) is 23.6 Å². The van der Waals surface area contributed by atoms with Crippen molar-refractivity contribution in [3.05, 3.63) is 172 Å². The quantitative estimate of drug-likeness (QED) is 0.0940. The van der Waals surface area contributed by atoms with Crippen LogP contribution in [0.1, 0.15) is 80.4 Å². The van der Waals surface area contributed by atoms with Crippen molar-refractivity contribution in [1.29, 1.82) is 0 Å². The van der Waals surface area contributed by atoms with Crippen LogP contribution in [0.4, 0.5) is 5.82 Å². The molecule has 8 rings (SSSR count). The van der Waals surface area contributed by atoms with Crippen LogP contribution in [0.3, 0.4) is 0 Å². The summed E-state index contributed by atoms with van der Waals surface area (Å²) in [6.45, 7) is 10.3. The van der Waals surface area contributed by atoms with Gasteiger partial charge in [0.2, 0.25) is 11.8 Å². The highest BCUT2D eigenvalue weighted by Crippen LogP contribution is 2.27. The Labute approximate surface area is 387 Å². The topological polar surface area (TPSA) is 123 Å². The van der Waals surface area contributed by atoms with Crippen LogP contribution in [0.5, 0.6) is 0 Å². The molecule has 3 aromatic carbocycles. The fourth-order valence-corrected chi connectivity index (χ4v) is 8.47. The molecule has 11 heteroatoms. The molecule has 66 heavy (non-hydrogen) atoms. The van der Waals surface area contributed by atoms with Gasteiger partial charge in [-0.05, 0) is 77.6 Å². The molecule has 1 aliphatic carbocycles. The molecule has 3 aliphatic heterocycles. The fraction of sp³-hybridized carbons (Fsp3) is 0.273. The van der Waals surface area contributed by atoms with Gasteiger partial charge in [0.05, 0.1) is 30.4 Å². The summed E-state index contributed by atoms with van der Waals surface area (Å²) in [5, 5.41) is 5.68. The minimum atomic E-state index is -0.297. The third kappa shape index (κ3) is 11.8. The van der Waals surface area contributed by atoms with Gasteiger partial charge in [0.25, 0.3) is 5.91 Å². The van der Waals surface area contributed by atoms with Crippen molar-refractivity contribution in [2.45, 2.75) is 44.6 Å². The molecule has 0 bridgehead atoms. The maximum Gasteiger partial charge on any atom is 0.254 e. The maximum absolute atomic E-state index is 13.7. The maximum atomic E-state index is 13.7. The number of piperidine rings is 1. The molecule has 1 unspecified atom stereocenters. The number of aromatic nitrogens is 2. The first kappa shape index (κ1) is 45.1. The molecule has 2 saturated heterocycles. The van der Waals surface area contributed by atoms with Gasteiger partial charge in [-0.15, -0.1) is 0 Å². The number of allylic oxidation sites excluding steroid dienone is 6. The molecule has 4 heterocycles. The fourth-order valence-electron chi connectivity index (χ4n) is 8.47. The first-order chi connectivity index (χ1) is 32.3. The van der Waals surface area contributed by atoms with E-state index in [0.29, 0.717) is 50.2 Å². The molecule has 2 N–H and O–H groups in total. The van der Waals surface area contributed by atoms with Crippen LogP contribution in [0.25, 0.3) is 12.2 Å². The van der Waals surface area contributed by atoms with Crippen LogP contribution in [-0.4, -0.2) is 101 Å². The van der Waals surface area contributed by atoms with Crippen LogP contribution in [0.15, 0.2) is 127 Å². The predicted molar refractivity (Wildman–Crippen MR) is 262 cm³/mol. The minimum Gasteiger partial charge on any atom is -0.373 e. The lowest BCUT2D eigenvalue weighted by Gasteiger charge is -2.33. The molecule has 0 radical (unpaired) electrons. The van der Waals surface area contributed by atoms with Gasteiger partial charge in [-0.3, -0.25) is 34.5 Å². The molecule has 11 nitrogen and oxygen atoms in total. The third-order valence-electron chi connectivity index (χ3n) is 12.2. The number of benzene rings is 3. The van der Waals surface area contributed by atoms with Gasteiger partial charge in [0.15, 0.2) is 0 Å². The van der Waals surface area contributed by atoms with E-state index in [1.165, 1.54) is 0 Å². The van der Waals surface area contributed by atoms with Crippen LogP contribution >= 0.6 is 0 Å².